The molecule has 7 heteroatoms. The van der Waals surface area contributed by atoms with Crippen molar-refractivity contribution in [2.45, 2.75) is 38.0 Å². The molecule has 1 saturated heterocycles. The maximum absolute atomic E-state index is 12.2. The summed E-state index contributed by atoms with van der Waals surface area (Å²) in [5.41, 5.74) is 0.334. The van der Waals surface area contributed by atoms with Gasteiger partial charge in [-0.1, -0.05) is 13.8 Å². The highest BCUT2D eigenvalue weighted by atomic mass is 32.2. The molecular weight excluding hydrogens is 290 g/mol. The second kappa shape index (κ2) is 6.62. The first-order valence-corrected chi connectivity index (χ1v) is 8.86. The Balaban J connectivity index is 2.02. The van der Waals surface area contributed by atoms with Crippen molar-refractivity contribution < 1.29 is 13.2 Å². The van der Waals surface area contributed by atoms with Crippen LogP contribution in [0.15, 0.2) is 17.2 Å². The molecule has 0 saturated carbocycles. The molecule has 1 aromatic rings. The molecule has 21 heavy (non-hydrogen) atoms. The van der Waals surface area contributed by atoms with Gasteiger partial charge in [0.15, 0.2) is 0 Å². The number of rotatable bonds is 6. The van der Waals surface area contributed by atoms with Crippen LogP contribution in [0.4, 0.5) is 0 Å². The Labute approximate surface area is 126 Å². The van der Waals surface area contributed by atoms with Gasteiger partial charge in [0.25, 0.3) is 5.91 Å². The lowest BCUT2D eigenvalue weighted by molar-refractivity contribution is 0.0787. The van der Waals surface area contributed by atoms with Gasteiger partial charge < -0.3 is 9.88 Å². The number of H-pyrrole nitrogens is 1. The highest BCUT2D eigenvalue weighted by Crippen LogP contribution is 2.16. The Morgan fingerprint density at radius 1 is 1.38 bits per heavy atom. The van der Waals surface area contributed by atoms with E-state index < -0.39 is 10.0 Å². The van der Waals surface area contributed by atoms with E-state index in [1.807, 2.05) is 13.8 Å². The molecule has 0 bridgehead atoms. The van der Waals surface area contributed by atoms with E-state index in [0.717, 1.165) is 32.4 Å². The summed E-state index contributed by atoms with van der Waals surface area (Å²) in [6, 6.07) is 1.42. The molecule has 1 fully saturated rings. The average Bonchev–Trinajstić information content (AvgIpc) is 3.09. The number of carbonyl (C=O) groups excluding carboxylic acids is 1. The molecule has 2 N–H and O–H groups in total. The molecule has 0 aliphatic carbocycles. The molecule has 118 valence electrons. The zero-order valence-electron chi connectivity index (χ0n) is 12.6. The zero-order chi connectivity index (χ0) is 15.5. The molecule has 1 aromatic heterocycles. The fourth-order valence-corrected chi connectivity index (χ4v) is 3.35. The van der Waals surface area contributed by atoms with Crippen molar-refractivity contribution in [2.75, 3.05) is 19.6 Å². The van der Waals surface area contributed by atoms with Gasteiger partial charge in [-0.25, -0.2) is 13.1 Å². The number of hydrogen-bond donors (Lipinski definition) is 2. The number of sulfonamides is 1. The minimum atomic E-state index is -3.54. The quantitative estimate of drug-likeness (QED) is 0.836. The van der Waals surface area contributed by atoms with E-state index in [0.29, 0.717) is 18.2 Å². The van der Waals surface area contributed by atoms with Crippen molar-refractivity contribution in [1.29, 1.82) is 0 Å². The van der Waals surface area contributed by atoms with Crippen LogP contribution in [-0.4, -0.2) is 43.8 Å². The predicted octanol–water partition coefficient (Wildman–Crippen LogP) is 1.58. The highest BCUT2D eigenvalue weighted by molar-refractivity contribution is 7.89. The molecule has 2 heterocycles. The fourth-order valence-electron chi connectivity index (χ4n) is 2.31. The number of likely N-dealkylation sites (tertiary alicyclic amines) is 1. The Bertz CT molecular complexity index is 586. The number of carbonyl (C=O) groups is 1. The van der Waals surface area contributed by atoms with Crippen LogP contribution in [0.25, 0.3) is 0 Å². The maximum atomic E-state index is 12.2. The third kappa shape index (κ3) is 4.07. The lowest BCUT2D eigenvalue weighted by Gasteiger charge is -2.13. The lowest BCUT2D eigenvalue weighted by Crippen LogP contribution is -2.28. The summed E-state index contributed by atoms with van der Waals surface area (Å²) >= 11 is 0. The second-order valence-corrected chi connectivity index (χ2v) is 7.60. The Hall–Kier alpha value is -1.34. The highest BCUT2D eigenvalue weighted by Gasteiger charge is 2.23. The third-order valence-corrected chi connectivity index (χ3v) is 5.04. The first-order valence-electron chi connectivity index (χ1n) is 7.37. The number of aromatic amines is 1. The van der Waals surface area contributed by atoms with Crippen LogP contribution in [0.1, 0.15) is 43.6 Å². The predicted molar refractivity (Wildman–Crippen MR) is 80.6 cm³/mol. The van der Waals surface area contributed by atoms with Gasteiger partial charge in [-0.05, 0) is 31.2 Å². The number of hydrogen-bond acceptors (Lipinski definition) is 3. The van der Waals surface area contributed by atoms with Gasteiger partial charge in [0.2, 0.25) is 10.0 Å². The van der Waals surface area contributed by atoms with Crippen LogP contribution < -0.4 is 4.72 Å². The number of nitrogens with one attached hydrogen (secondary N) is 2. The molecule has 0 atom stereocenters. The van der Waals surface area contributed by atoms with Gasteiger partial charge in [-0.2, -0.15) is 0 Å². The van der Waals surface area contributed by atoms with Gasteiger partial charge in [-0.3, -0.25) is 4.79 Å². The number of amides is 1. The molecule has 0 aromatic carbocycles. The Morgan fingerprint density at radius 2 is 2.05 bits per heavy atom. The molecule has 0 spiro atoms. The lowest BCUT2D eigenvalue weighted by atomic mass is 10.1. The van der Waals surface area contributed by atoms with Crippen LogP contribution in [0.3, 0.4) is 0 Å². The molecule has 2 rings (SSSR count). The maximum Gasteiger partial charge on any atom is 0.270 e. The molecule has 1 aliphatic rings. The van der Waals surface area contributed by atoms with E-state index in [1.54, 1.807) is 4.90 Å². The number of aromatic nitrogens is 1. The van der Waals surface area contributed by atoms with Crippen molar-refractivity contribution in [2.24, 2.45) is 5.92 Å². The van der Waals surface area contributed by atoms with E-state index in [9.17, 15) is 13.2 Å². The summed E-state index contributed by atoms with van der Waals surface area (Å²) in [4.78, 5) is 16.8. The zero-order valence-corrected chi connectivity index (χ0v) is 13.4. The minimum Gasteiger partial charge on any atom is -0.356 e. The van der Waals surface area contributed by atoms with Crippen LogP contribution in [0.2, 0.25) is 0 Å². The van der Waals surface area contributed by atoms with Crippen molar-refractivity contribution in [1.82, 2.24) is 14.6 Å². The Morgan fingerprint density at radius 3 is 2.67 bits per heavy atom. The van der Waals surface area contributed by atoms with Gasteiger partial charge in [0.05, 0.1) is 0 Å². The van der Waals surface area contributed by atoms with Gasteiger partial charge in [0, 0.05) is 25.8 Å². The summed E-state index contributed by atoms with van der Waals surface area (Å²) in [5.74, 6) is 0.308. The molecule has 0 radical (unpaired) electrons. The number of nitrogens with zero attached hydrogens (tertiary/aromatic N) is 1. The minimum absolute atomic E-state index is 0.119. The average molecular weight is 313 g/mol. The van der Waals surface area contributed by atoms with Crippen LogP contribution >= 0.6 is 0 Å². The fraction of sp³-hybridized carbons (Fsp3) is 0.643. The van der Waals surface area contributed by atoms with Crippen molar-refractivity contribution in [3.63, 3.8) is 0 Å². The van der Waals surface area contributed by atoms with E-state index in [1.165, 1.54) is 12.3 Å². The third-order valence-electron chi connectivity index (χ3n) is 3.60. The first kappa shape index (κ1) is 16.0. The summed E-state index contributed by atoms with van der Waals surface area (Å²) in [6.07, 6.45) is 4.17. The second-order valence-electron chi connectivity index (χ2n) is 5.83. The van der Waals surface area contributed by atoms with Crippen LogP contribution in [0, 0.1) is 5.92 Å². The van der Waals surface area contributed by atoms with Gasteiger partial charge in [-0.15, -0.1) is 0 Å². The molecular formula is C14H23N3O3S. The largest absolute Gasteiger partial charge is 0.356 e. The summed E-state index contributed by atoms with van der Waals surface area (Å²) in [6.45, 7) is 5.97. The van der Waals surface area contributed by atoms with Gasteiger partial charge in [0.1, 0.15) is 10.6 Å². The van der Waals surface area contributed by atoms with Crippen molar-refractivity contribution >= 4 is 15.9 Å². The topological polar surface area (TPSA) is 82.3 Å². The van der Waals surface area contributed by atoms with E-state index >= 15 is 0 Å². The molecule has 1 aliphatic heterocycles. The van der Waals surface area contributed by atoms with E-state index in [4.69, 9.17) is 0 Å². The standard InChI is InChI=1S/C14H23N3O3S/c1-11(2)5-6-16-21(19,20)12-9-13(15-10-12)14(18)17-7-3-4-8-17/h9-11,15-16H,3-8H2,1-2H3. The SMILES string of the molecule is CC(C)CCNS(=O)(=O)c1c[nH]c(C(=O)N2CCCC2)c1. The summed E-state index contributed by atoms with van der Waals surface area (Å²) in [7, 11) is -3.54. The monoisotopic (exact) mass is 313 g/mol. The molecule has 1 amide bonds. The normalized spacial score (nSPS) is 15.9. The summed E-state index contributed by atoms with van der Waals surface area (Å²) < 4.78 is 26.8. The molecule has 0 unspecified atom stereocenters. The van der Waals surface area contributed by atoms with E-state index in [2.05, 4.69) is 9.71 Å². The summed E-state index contributed by atoms with van der Waals surface area (Å²) in [5, 5.41) is 0. The van der Waals surface area contributed by atoms with E-state index in [-0.39, 0.29) is 10.8 Å². The van der Waals surface area contributed by atoms with Crippen molar-refractivity contribution in [3.05, 3.63) is 18.0 Å². The van der Waals surface area contributed by atoms with Crippen molar-refractivity contribution in [3.8, 4) is 0 Å². The first-order chi connectivity index (χ1) is 9.90. The Kier molecular flexibility index (Phi) is 5.05. The molecule has 6 nitrogen and oxygen atoms in total. The smallest absolute Gasteiger partial charge is 0.270 e. The van der Waals surface area contributed by atoms with Gasteiger partial charge >= 0.3 is 0 Å². The van der Waals surface area contributed by atoms with Crippen LogP contribution in [-0.2, 0) is 10.0 Å². The van der Waals surface area contributed by atoms with Crippen LogP contribution in [0.5, 0.6) is 0 Å².